The minimum atomic E-state index is -1.06. The number of hydrogen-bond acceptors (Lipinski definition) is 3. The van der Waals surface area contributed by atoms with Crippen molar-refractivity contribution in [1.29, 1.82) is 0 Å². The number of nitrogens with zero attached hydrogens (tertiary/aromatic N) is 2. The van der Waals surface area contributed by atoms with Crippen LogP contribution in [0.15, 0.2) is 24.4 Å². The van der Waals surface area contributed by atoms with Gasteiger partial charge in [0.15, 0.2) is 0 Å². The van der Waals surface area contributed by atoms with Crippen molar-refractivity contribution in [2.75, 3.05) is 0 Å². The minimum Gasteiger partial charge on any atom is -0.477 e. The normalized spacial score (nSPS) is 10.4. The molecule has 5 heteroatoms. The molecule has 4 nitrogen and oxygen atoms in total. The van der Waals surface area contributed by atoms with Crippen molar-refractivity contribution < 1.29 is 9.90 Å². The van der Waals surface area contributed by atoms with Crippen molar-refractivity contribution in [2.45, 2.75) is 0 Å². The van der Waals surface area contributed by atoms with Crippen molar-refractivity contribution in [1.82, 2.24) is 9.97 Å². The molecule has 0 aromatic carbocycles. The van der Waals surface area contributed by atoms with E-state index in [0.29, 0.717) is 10.7 Å². The highest BCUT2D eigenvalue weighted by Gasteiger charge is 2.05. The molecule has 2 aromatic heterocycles. The number of rotatable bonds is 1. The van der Waals surface area contributed by atoms with Crippen molar-refractivity contribution >= 4 is 28.5 Å². The summed E-state index contributed by atoms with van der Waals surface area (Å²) >= 11 is 5.65. The number of halogens is 1. The van der Waals surface area contributed by atoms with Crippen molar-refractivity contribution in [3.63, 3.8) is 0 Å². The smallest absolute Gasteiger partial charge is 0.354 e. The highest BCUT2D eigenvalue weighted by molar-refractivity contribution is 6.30. The van der Waals surface area contributed by atoms with E-state index in [1.165, 1.54) is 12.1 Å². The van der Waals surface area contributed by atoms with Crippen LogP contribution in [-0.2, 0) is 0 Å². The summed E-state index contributed by atoms with van der Waals surface area (Å²) in [6.07, 6.45) is 1.55. The van der Waals surface area contributed by atoms with E-state index in [0.717, 1.165) is 5.39 Å². The van der Waals surface area contributed by atoms with Crippen LogP contribution in [-0.4, -0.2) is 21.0 Å². The average Bonchev–Trinajstić information content (AvgIpc) is 2.16. The van der Waals surface area contributed by atoms with E-state index >= 15 is 0 Å². The molecule has 0 amide bonds. The molecule has 70 valence electrons. The van der Waals surface area contributed by atoms with E-state index in [4.69, 9.17) is 16.7 Å². The summed E-state index contributed by atoms with van der Waals surface area (Å²) in [6.45, 7) is 0. The Kier molecular flexibility index (Phi) is 2.05. The second-order valence-electron chi connectivity index (χ2n) is 2.70. The average molecular weight is 209 g/mol. The zero-order valence-corrected chi connectivity index (χ0v) is 7.69. The molecule has 0 unspecified atom stereocenters. The molecule has 0 atom stereocenters. The monoisotopic (exact) mass is 208 g/mol. The molecule has 0 saturated heterocycles. The largest absolute Gasteiger partial charge is 0.477 e. The van der Waals surface area contributed by atoms with Crippen LogP contribution in [0.25, 0.3) is 10.9 Å². The van der Waals surface area contributed by atoms with Gasteiger partial charge < -0.3 is 5.11 Å². The molecule has 14 heavy (non-hydrogen) atoms. The Labute approximate surface area is 84.2 Å². The zero-order valence-electron chi connectivity index (χ0n) is 6.94. The van der Waals surface area contributed by atoms with Gasteiger partial charge in [-0.25, -0.2) is 14.8 Å². The Morgan fingerprint density at radius 2 is 2.21 bits per heavy atom. The first kappa shape index (κ1) is 8.90. The number of carbonyl (C=O) groups is 1. The summed E-state index contributed by atoms with van der Waals surface area (Å²) in [7, 11) is 0. The fourth-order valence-corrected chi connectivity index (χ4v) is 1.26. The number of pyridine rings is 2. The van der Waals surface area contributed by atoms with E-state index in [1.807, 2.05) is 0 Å². The third-order valence-electron chi connectivity index (χ3n) is 1.76. The molecule has 0 aliphatic carbocycles. The van der Waals surface area contributed by atoms with Gasteiger partial charge in [0.1, 0.15) is 10.8 Å². The van der Waals surface area contributed by atoms with E-state index in [-0.39, 0.29) is 5.69 Å². The maximum absolute atomic E-state index is 10.6. The predicted molar refractivity (Wildman–Crippen MR) is 51.5 cm³/mol. The Hall–Kier alpha value is -1.68. The topological polar surface area (TPSA) is 63.1 Å². The van der Waals surface area contributed by atoms with Crippen molar-refractivity contribution in [3.8, 4) is 0 Å². The van der Waals surface area contributed by atoms with Gasteiger partial charge in [-0.2, -0.15) is 0 Å². The molecular formula is C9H5ClN2O2. The summed E-state index contributed by atoms with van der Waals surface area (Å²) in [6, 6.07) is 4.61. The Bertz CT molecular complexity index is 513. The lowest BCUT2D eigenvalue weighted by Crippen LogP contribution is -1.99. The van der Waals surface area contributed by atoms with E-state index in [9.17, 15) is 4.79 Å². The van der Waals surface area contributed by atoms with Gasteiger partial charge in [-0.15, -0.1) is 0 Å². The number of fused-ring (bicyclic) bond motifs is 1. The van der Waals surface area contributed by atoms with Crippen LogP contribution in [0, 0.1) is 0 Å². The fraction of sp³-hybridized carbons (Fsp3) is 0. The third-order valence-corrected chi connectivity index (χ3v) is 1.97. The highest BCUT2D eigenvalue weighted by Crippen LogP contribution is 2.15. The van der Waals surface area contributed by atoms with Crippen molar-refractivity contribution in [3.05, 3.63) is 35.2 Å². The summed E-state index contributed by atoms with van der Waals surface area (Å²) < 4.78 is 0. The van der Waals surface area contributed by atoms with Crippen LogP contribution in [0.5, 0.6) is 0 Å². The van der Waals surface area contributed by atoms with Gasteiger partial charge in [0.25, 0.3) is 0 Å². The van der Waals surface area contributed by atoms with Gasteiger partial charge in [0, 0.05) is 17.6 Å². The van der Waals surface area contributed by atoms with E-state index < -0.39 is 5.97 Å². The molecule has 1 N–H and O–H groups in total. The minimum absolute atomic E-state index is 0.000216. The van der Waals surface area contributed by atoms with Gasteiger partial charge in [0.05, 0.1) is 5.52 Å². The Morgan fingerprint density at radius 3 is 2.93 bits per heavy atom. The van der Waals surface area contributed by atoms with Crippen molar-refractivity contribution in [2.24, 2.45) is 0 Å². The van der Waals surface area contributed by atoms with Crippen LogP contribution in [0.4, 0.5) is 0 Å². The molecule has 0 radical (unpaired) electrons. The maximum Gasteiger partial charge on any atom is 0.354 e. The summed E-state index contributed by atoms with van der Waals surface area (Å²) in [4.78, 5) is 18.4. The van der Waals surface area contributed by atoms with Gasteiger partial charge in [-0.1, -0.05) is 11.6 Å². The molecular weight excluding hydrogens is 204 g/mol. The Morgan fingerprint density at radius 1 is 1.43 bits per heavy atom. The van der Waals surface area contributed by atoms with Crippen LogP contribution in [0.2, 0.25) is 5.15 Å². The number of hydrogen-bond donors (Lipinski definition) is 1. The number of carboxylic acids is 1. The number of aromatic carboxylic acids is 1. The quantitative estimate of drug-likeness (QED) is 0.728. The van der Waals surface area contributed by atoms with Crippen LogP contribution < -0.4 is 0 Å². The SMILES string of the molecule is O=C(O)c1ccc2cnc(Cl)cc2n1. The second-order valence-corrected chi connectivity index (χ2v) is 3.09. The predicted octanol–water partition coefficient (Wildman–Crippen LogP) is 1.98. The van der Waals surface area contributed by atoms with Crippen LogP contribution >= 0.6 is 11.6 Å². The van der Waals surface area contributed by atoms with Gasteiger partial charge in [0.2, 0.25) is 0 Å². The molecule has 2 heterocycles. The van der Waals surface area contributed by atoms with E-state index in [1.54, 1.807) is 12.3 Å². The third kappa shape index (κ3) is 1.52. The molecule has 2 rings (SSSR count). The zero-order chi connectivity index (χ0) is 10.1. The molecule has 0 aliphatic rings. The summed E-state index contributed by atoms with van der Waals surface area (Å²) in [5.41, 5.74) is 0.532. The number of carboxylic acid groups (broad SMARTS) is 1. The fourth-order valence-electron chi connectivity index (χ4n) is 1.11. The van der Waals surface area contributed by atoms with Gasteiger partial charge >= 0.3 is 5.97 Å². The molecule has 0 fully saturated rings. The standard InChI is InChI=1S/C9H5ClN2O2/c10-8-3-7-5(4-11-8)1-2-6(12-7)9(13)14/h1-4H,(H,13,14). The molecule has 0 saturated carbocycles. The first-order valence-corrected chi connectivity index (χ1v) is 4.20. The molecule has 0 bridgehead atoms. The van der Waals surface area contributed by atoms with Crippen LogP contribution in [0.1, 0.15) is 10.5 Å². The lowest BCUT2D eigenvalue weighted by molar-refractivity contribution is 0.0691. The molecule has 2 aromatic rings. The summed E-state index contributed by atoms with van der Waals surface area (Å²) in [5, 5.41) is 9.76. The second kappa shape index (κ2) is 3.23. The number of aromatic nitrogens is 2. The Balaban J connectivity index is 2.69. The van der Waals surface area contributed by atoms with Gasteiger partial charge in [-0.05, 0) is 12.1 Å². The first-order valence-electron chi connectivity index (χ1n) is 3.82. The molecule has 0 spiro atoms. The van der Waals surface area contributed by atoms with Gasteiger partial charge in [-0.3, -0.25) is 0 Å². The molecule has 0 aliphatic heterocycles. The van der Waals surface area contributed by atoms with E-state index in [2.05, 4.69) is 9.97 Å². The lowest BCUT2D eigenvalue weighted by Gasteiger charge is -1.98. The van der Waals surface area contributed by atoms with Crippen LogP contribution in [0.3, 0.4) is 0 Å². The maximum atomic E-state index is 10.6. The first-order chi connectivity index (χ1) is 6.66. The highest BCUT2D eigenvalue weighted by atomic mass is 35.5. The lowest BCUT2D eigenvalue weighted by atomic mass is 10.2. The summed E-state index contributed by atoms with van der Waals surface area (Å²) in [5.74, 6) is -1.06.